The van der Waals surface area contributed by atoms with Gasteiger partial charge >= 0.3 is 12.0 Å². The Morgan fingerprint density at radius 3 is 2.74 bits per heavy atom. The summed E-state index contributed by atoms with van der Waals surface area (Å²) in [5.74, 6) is -1.33. The van der Waals surface area contributed by atoms with Crippen LogP contribution in [-0.4, -0.2) is 53.1 Å². The highest BCUT2D eigenvalue weighted by atomic mass is 16.4. The SMILES string of the molecule is CC1C(C(=O)O)CCN1C(=O)NCC1CCC(=O)N1. The molecule has 2 aliphatic rings. The first-order valence-electron chi connectivity index (χ1n) is 6.55. The maximum absolute atomic E-state index is 12.0. The normalized spacial score (nSPS) is 30.3. The largest absolute Gasteiger partial charge is 0.481 e. The van der Waals surface area contributed by atoms with Crippen molar-refractivity contribution in [2.24, 2.45) is 5.92 Å². The molecule has 3 unspecified atom stereocenters. The van der Waals surface area contributed by atoms with E-state index in [1.165, 1.54) is 0 Å². The molecular weight excluding hydrogens is 250 g/mol. The van der Waals surface area contributed by atoms with E-state index in [4.69, 9.17) is 5.11 Å². The van der Waals surface area contributed by atoms with Gasteiger partial charge in [-0.3, -0.25) is 9.59 Å². The minimum Gasteiger partial charge on any atom is -0.481 e. The van der Waals surface area contributed by atoms with Gasteiger partial charge in [0.05, 0.1) is 5.92 Å². The first kappa shape index (κ1) is 13.6. The van der Waals surface area contributed by atoms with Gasteiger partial charge in [0.2, 0.25) is 5.91 Å². The molecule has 0 radical (unpaired) electrons. The fraction of sp³-hybridized carbons (Fsp3) is 0.750. The molecular formula is C12H19N3O4. The lowest BCUT2D eigenvalue weighted by molar-refractivity contribution is -0.142. The first-order valence-corrected chi connectivity index (χ1v) is 6.55. The van der Waals surface area contributed by atoms with Gasteiger partial charge < -0.3 is 20.6 Å². The predicted molar refractivity (Wildman–Crippen MR) is 66.5 cm³/mol. The Bertz CT molecular complexity index is 398. The van der Waals surface area contributed by atoms with Crippen LogP contribution in [-0.2, 0) is 9.59 Å². The summed E-state index contributed by atoms with van der Waals surface area (Å²) in [7, 11) is 0. The number of rotatable bonds is 3. The minimum atomic E-state index is -0.856. The van der Waals surface area contributed by atoms with Crippen LogP contribution < -0.4 is 10.6 Å². The Hall–Kier alpha value is -1.79. The molecule has 0 bridgehead atoms. The van der Waals surface area contributed by atoms with Crippen molar-refractivity contribution in [1.82, 2.24) is 15.5 Å². The summed E-state index contributed by atoms with van der Waals surface area (Å²) in [6, 6.07) is -0.558. The maximum atomic E-state index is 12.0. The number of likely N-dealkylation sites (tertiary alicyclic amines) is 1. The predicted octanol–water partition coefficient (Wildman–Crippen LogP) is -0.230. The van der Waals surface area contributed by atoms with Gasteiger partial charge in [0.25, 0.3) is 0 Å². The number of carboxylic acid groups (broad SMARTS) is 1. The quantitative estimate of drug-likeness (QED) is 0.659. The van der Waals surface area contributed by atoms with E-state index in [1.807, 2.05) is 0 Å². The third-order valence-corrected chi connectivity index (χ3v) is 3.92. The molecule has 2 rings (SSSR count). The monoisotopic (exact) mass is 269 g/mol. The van der Waals surface area contributed by atoms with E-state index in [9.17, 15) is 14.4 Å². The van der Waals surface area contributed by atoms with Crippen LogP contribution in [0.4, 0.5) is 4.79 Å². The molecule has 2 fully saturated rings. The zero-order valence-electron chi connectivity index (χ0n) is 10.9. The second-order valence-corrected chi connectivity index (χ2v) is 5.16. The highest BCUT2D eigenvalue weighted by Crippen LogP contribution is 2.24. The molecule has 3 N–H and O–H groups in total. The van der Waals surface area contributed by atoms with Crippen molar-refractivity contribution in [2.45, 2.75) is 38.3 Å². The van der Waals surface area contributed by atoms with Crippen LogP contribution in [0.2, 0.25) is 0 Å². The number of aliphatic carboxylic acids is 1. The summed E-state index contributed by atoms with van der Waals surface area (Å²) in [6.07, 6.45) is 1.72. The van der Waals surface area contributed by atoms with E-state index in [0.717, 1.165) is 6.42 Å². The molecule has 3 amide bonds. The van der Waals surface area contributed by atoms with E-state index in [1.54, 1.807) is 11.8 Å². The second-order valence-electron chi connectivity index (χ2n) is 5.16. The van der Waals surface area contributed by atoms with Crippen molar-refractivity contribution in [3.63, 3.8) is 0 Å². The number of nitrogens with zero attached hydrogens (tertiary/aromatic N) is 1. The van der Waals surface area contributed by atoms with Crippen molar-refractivity contribution >= 4 is 17.9 Å². The van der Waals surface area contributed by atoms with Crippen LogP contribution >= 0.6 is 0 Å². The van der Waals surface area contributed by atoms with Crippen molar-refractivity contribution in [3.8, 4) is 0 Å². The molecule has 2 saturated heterocycles. The second kappa shape index (κ2) is 5.46. The van der Waals surface area contributed by atoms with Crippen LogP contribution in [0.1, 0.15) is 26.2 Å². The third kappa shape index (κ3) is 2.97. The molecule has 7 nitrogen and oxygen atoms in total. The van der Waals surface area contributed by atoms with Gasteiger partial charge in [-0.15, -0.1) is 0 Å². The van der Waals surface area contributed by atoms with Crippen molar-refractivity contribution in [1.29, 1.82) is 0 Å². The standard InChI is InChI=1S/C12H19N3O4/c1-7-9(11(17)18)4-5-15(7)12(19)13-6-8-2-3-10(16)14-8/h7-9H,2-6H2,1H3,(H,13,19)(H,14,16)(H,17,18). The number of carbonyl (C=O) groups is 3. The molecule has 0 aromatic heterocycles. The average Bonchev–Trinajstić information content (AvgIpc) is 2.92. The molecule has 19 heavy (non-hydrogen) atoms. The molecule has 0 aromatic rings. The topological polar surface area (TPSA) is 98.7 Å². The summed E-state index contributed by atoms with van der Waals surface area (Å²) in [6.45, 7) is 2.61. The van der Waals surface area contributed by atoms with Gasteiger partial charge in [0.1, 0.15) is 0 Å². The zero-order chi connectivity index (χ0) is 14.0. The Morgan fingerprint density at radius 2 is 2.21 bits per heavy atom. The summed E-state index contributed by atoms with van der Waals surface area (Å²) in [5, 5.41) is 14.5. The molecule has 0 saturated carbocycles. The van der Waals surface area contributed by atoms with E-state index in [-0.39, 0.29) is 24.0 Å². The summed E-state index contributed by atoms with van der Waals surface area (Å²) >= 11 is 0. The van der Waals surface area contributed by atoms with Gasteiger partial charge in [-0.05, 0) is 19.8 Å². The smallest absolute Gasteiger partial charge is 0.317 e. The van der Waals surface area contributed by atoms with Gasteiger partial charge in [0.15, 0.2) is 0 Å². The average molecular weight is 269 g/mol. The summed E-state index contributed by atoms with van der Waals surface area (Å²) in [5.41, 5.74) is 0. The van der Waals surface area contributed by atoms with Gasteiger partial charge in [0, 0.05) is 31.6 Å². The molecule has 0 aromatic carbocycles. The van der Waals surface area contributed by atoms with Crippen LogP contribution in [0.3, 0.4) is 0 Å². The first-order chi connectivity index (χ1) is 8.99. The van der Waals surface area contributed by atoms with Crippen LogP contribution in [0, 0.1) is 5.92 Å². The highest BCUT2D eigenvalue weighted by molar-refractivity contribution is 5.79. The van der Waals surface area contributed by atoms with E-state index < -0.39 is 11.9 Å². The molecule has 106 valence electrons. The maximum Gasteiger partial charge on any atom is 0.317 e. The van der Waals surface area contributed by atoms with Crippen molar-refractivity contribution in [2.75, 3.05) is 13.1 Å². The van der Waals surface area contributed by atoms with Gasteiger partial charge in [-0.1, -0.05) is 0 Å². The molecule has 2 aliphatic heterocycles. The lowest BCUT2D eigenvalue weighted by Crippen LogP contribution is -2.47. The lowest BCUT2D eigenvalue weighted by atomic mass is 10.0. The third-order valence-electron chi connectivity index (χ3n) is 3.92. The molecule has 3 atom stereocenters. The van der Waals surface area contributed by atoms with Gasteiger partial charge in [-0.25, -0.2) is 4.79 Å². The highest BCUT2D eigenvalue weighted by Gasteiger charge is 2.38. The number of hydrogen-bond donors (Lipinski definition) is 3. The van der Waals surface area contributed by atoms with Crippen LogP contribution in [0.5, 0.6) is 0 Å². The van der Waals surface area contributed by atoms with E-state index >= 15 is 0 Å². The van der Waals surface area contributed by atoms with Gasteiger partial charge in [-0.2, -0.15) is 0 Å². The lowest BCUT2D eigenvalue weighted by Gasteiger charge is -2.24. The van der Waals surface area contributed by atoms with Crippen LogP contribution in [0.25, 0.3) is 0 Å². The zero-order valence-corrected chi connectivity index (χ0v) is 10.9. The Kier molecular flexibility index (Phi) is 3.92. The number of urea groups is 1. The molecule has 0 spiro atoms. The number of amides is 3. The number of carbonyl (C=O) groups excluding carboxylic acids is 2. The fourth-order valence-electron chi connectivity index (χ4n) is 2.70. The molecule has 0 aliphatic carbocycles. The van der Waals surface area contributed by atoms with Crippen LogP contribution in [0.15, 0.2) is 0 Å². The summed E-state index contributed by atoms with van der Waals surface area (Å²) in [4.78, 5) is 35.5. The number of hydrogen-bond acceptors (Lipinski definition) is 3. The van der Waals surface area contributed by atoms with E-state index in [0.29, 0.717) is 25.9 Å². The minimum absolute atomic E-state index is 0.00960. The van der Waals surface area contributed by atoms with E-state index in [2.05, 4.69) is 10.6 Å². The summed E-state index contributed by atoms with van der Waals surface area (Å²) < 4.78 is 0. The molecule has 2 heterocycles. The fourth-order valence-corrected chi connectivity index (χ4v) is 2.70. The Morgan fingerprint density at radius 1 is 1.47 bits per heavy atom. The Labute approximate surface area is 111 Å². The van der Waals surface area contributed by atoms with Crippen molar-refractivity contribution < 1.29 is 19.5 Å². The van der Waals surface area contributed by atoms with Crippen molar-refractivity contribution in [3.05, 3.63) is 0 Å². The Balaban J connectivity index is 1.80. The molecule has 7 heteroatoms. The number of carboxylic acids is 1. The number of nitrogens with one attached hydrogen (secondary N) is 2.